The van der Waals surface area contributed by atoms with Gasteiger partial charge in [0.2, 0.25) is 0 Å². The number of rotatable bonds is 2. The second-order valence-corrected chi connectivity index (χ2v) is 6.91. The molecule has 0 saturated heterocycles. The van der Waals surface area contributed by atoms with Crippen LogP contribution < -0.4 is 0 Å². The molecule has 0 amide bonds. The highest BCUT2D eigenvalue weighted by Crippen LogP contribution is 2.32. The zero-order valence-corrected chi connectivity index (χ0v) is 12.4. The molecule has 2 aromatic rings. The lowest BCUT2D eigenvalue weighted by Crippen LogP contribution is -2.22. The van der Waals surface area contributed by atoms with Crippen molar-refractivity contribution in [1.29, 1.82) is 0 Å². The van der Waals surface area contributed by atoms with Crippen LogP contribution in [0.5, 0.6) is 0 Å². The number of hydrogen-bond acceptors (Lipinski definition) is 2. The van der Waals surface area contributed by atoms with E-state index in [1.54, 1.807) is 0 Å². The molecule has 1 aromatic carbocycles. The van der Waals surface area contributed by atoms with Gasteiger partial charge >= 0.3 is 0 Å². The maximum absolute atomic E-state index is 6.19. The maximum atomic E-state index is 6.19. The van der Waals surface area contributed by atoms with Crippen LogP contribution in [0.1, 0.15) is 12.0 Å². The fourth-order valence-corrected chi connectivity index (χ4v) is 3.41. The van der Waals surface area contributed by atoms with E-state index in [0.29, 0.717) is 0 Å². The zero-order chi connectivity index (χ0) is 13.4. The van der Waals surface area contributed by atoms with Crippen LogP contribution in [0.25, 0.3) is 16.5 Å². The third kappa shape index (κ3) is 2.48. The molecule has 0 radical (unpaired) electrons. The molecule has 5 heteroatoms. The average molecular weight is 294 g/mol. The van der Waals surface area contributed by atoms with E-state index in [4.69, 9.17) is 11.6 Å². The lowest BCUT2D eigenvalue weighted by atomic mass is 9.97. The van der Waals surface area contributed by atoms with Gasteiger partial charge in [0.05, 0.1) is 11.7 Å². The van der Waals surface area contributed by atoms with Crippen LogP contribution >= 0.6 is 22.3 Å². The predicted molar refractivity (Wildman–Crippen MR) is 85.9 cm³/mol. The third-order valence-electron chi connectivity index (χ3n) is 3.48. The molecule has 1 aliphatic heterocycles. The van der Waals surface area contributed by atoms with E-state index in [1.807, 2.05) is 18.3 Å². The maximum Gasteiger partial charge on any atom is 0.0671 e. The smallest absolute Gasteiger partial charge is 0.0671 e. The lowest BCUT2D eigenvalue weighted by molar-refractivity contribution is 0.517. The van der Waals surface area contributed by atoms with Gasteiger partial charge in [0.25, 0.3) is 0 Å². The van der Waals surface area contributed by atoms with Crippen LogP contribution in [0.15, 0.2) is 24.4 Å². The van der Waals surface area contributed by atoms with Gasteiger partial charge in [-0.3, -0.25) is 9.40 Å². The number of fused-ring (bicyclic) bond motifs is 1. The summed E-state index contributed by atoms with van der Waals surface area (Å²) in [6.45, 7) is 2.02. The summed E-state index contributed by atoms with van der Waals surface area (Å²) in [7, 11) is 0.0971. The molecule has 3 nitrogen and oxygen atoms in total. The van der Waals surface area contributed by atoms with Gasteiger partial charge in [-0.1, -0.05) is 23.5 Å². The molecular formula is C14H16ClN3S. The average Bonchev–Trinajstić information content (AvgIpc) is 2.85. The molecule has 19 heavy (non-hydrogen) atoms. The lowest BCUT2D eigenvalue weighted by Gasteiger charge is -2.27. The van der Waals surface area contributed by atoms with E-state index in [2.05, 4.69) is 32.7 Å². The van der Waals surface area contributed by atoms with E-state index in [0.717, 1.165) is 35.4 Å². The normalized spacial score (nSPS) is 18.5. The van der Waals surface area contributed by atoms with Crippen molar-refractivity contribution in [3.63, 3.8) is 0 Å². The minimum absolute atomic E-state index is 0.0971. The van der Waals surface area contributed by atoms with Crippen LogP contribution in [0.3, 0.4) is 0 Å². The van der Waals surface area contributed by atoms with Crippen molar-refractivity contribution in [1.82, 2.24) is 14.5 Å². The van der Waals surface area contributed by atoms with Crippen LogP contribution in [-0.4, -0.2) is 39.7 Å². The van der Waals surface area contributed by atoms with Crippen molar-refractivity contribution in [2.75, 3.05) is 19.3 Å². The minimum Gasteiger partial charge on any atom is -0.278 e. The number of aromatic nitrogens is 2. The van der Waals surface area contributed by atoms with Crippen LogP contribution in [0.2, 0.25) is 5.02 Å². The van der Waals surface area contributed by atoms with Gasteiger partial charge in [0, 0.05) is 23.5 Å². The van der Waals surface area contributed by atoms with E-state index >= 15 is 0 Å². The molecule has 3 rings (SSSR count). The van der Waals surface area contributed by atoms with Crippen LogP contribution in [-0.2, 0) is 0 Å². The molecule has 1 atom stereocenters. The number of H-pyrrole nitrogens is 1. The van der Waals surface area contributed by atoms with Crippen LogP contribution in [0.4, 0.5) is 0 Å². The van der Waals surface area contributed by atoms with E-state index in [-0.39, 0.29) is 10.7 Å². The summed E-state index contributed by atoms with van der Waals surface area (Å²) in [6, 6.07) is 3.96. The summed E-state index contributed by atoms with van der Waals surface area (Å²) in [6.07, 6.45) is 7.36. The Kier molecular flexibility index (Phi) is 3.48. The topological polar surface area (TPSA) is 31.9 Å². The van der Waals surface area contributed by atoms with Gasteiger partial charge < -0.3 is 0 Å². The Balaban J connectivity index is 2.01. The van der Waals surface area contributed by atoms with E-state index in [9.17, 15) is 0 Å². The van der Waals surface area contributed by atoms with Crippen LogP contribution in [0, 0.1) is 0 Å². The Morgan fingerprint density at radius 2 is 2.32 bits per heavy atom. The molecule has 100 valence electrons. The Morgan fingerprint density at radius 3 is 3.00 bits per heavy atom. The predicted octanol–water partition coefficient (Wildman–Crippen LogP) is 3.55. The Labute approximate surface area is 120 Å². The second-order valence-electron chi connectivity index (χ2n) is 4.75. The molecule has 1 aromatic heterocycles. The summed E-state index contributed by atoms with van der Waals surface area (Å²) in [4.78, 5) is 0. The van der Waals surface area contributed by atoms with E-state index < -0.39 is 0 Å². The van der Waals surface area contributed by atoms with Gasteiger partial charge in [-0.15, -0.1) is 10.7 Å². The van der Waals surface area contributed by atoms with Crippen molar-refractivity contribution in [3.05, 3.63) is 35.0 Å². The zero-order valence-electron chi connectivity index (χ0n) is 10.8. The number of nitrogens with zero attached hydrogens (tertiary/aromatic N) is 2. The number of hydrogen-bond donors (Lipinski definition) is 1. The molecule has 0 bridgehead atoms. The summed E-state index contributed by atoms with van der Waals surface area (Å²) >= 11 is 6.19. The quantitative estimate of drug-likeness (QED) is 0.859. The van der Waals surface area contributed by atoms with Crippen molar-refractivity contribution in [2.24, 2.45) is 0 Å². The summed E-state index contributed by atoms with van der Waals surface area (Å²) in [5, 5.41) is 9.00. The fourth-order valence-electron chi connectivity index (χ4n) is 2.46. The molecule has 1 aliphatic rings. The molecule has 0 fully saturated rings. The summed E-state index contributed by atoms with van der Waals surface area (Å²) in [5.74, 6) is 4.10. The number of aromatic amines is 1. The van der Waals surface area contributed by atoms with Gasteiger partial charge in [0.1, 0.15) is 0 Å². The van der Waals surface area contributed by atoms with Crippen molar-refractivity contribution in [3.8, 4) is 0 Å². The Bertz CT molecular complexity index is 674. The van der Waals surface area contributed by atoms with Crippen molar-refractivity contribution in [2.45, 2.75) is 6.42 Å². The van der Waals surface area contributed by atoms with Gasteiger partial charge in [-0.2, -0.15) is 5.10 Å². The summed E-state index contributed by atoms with van der Waals surface area (Å²) < 4.78 is 2.39. The molecule has 0 saturated carbocycles. The highest BCUT2D eigenvalue weighted by atomic mass is 35.5. The van der Waals surface area contributed by atoms with Gasteiger partial charge in [0.15, 0.2) is 0 Å². The fraction of sp³-hybridized carbons (Fsp3) is 0.286. The molecule has 0 aliphatic carbocycles. The minimum atomic E-state index is 0.0971. The molecule has 1 unspecified atom stereocenters. The van der Waals surface area contributed by atoms with Gasteiger partial charge in [-0.25, -0.2) is 0 Å². The summed E-state index contributed by atoms with van der Waals surface area (Å²) in [5.41, 5.74) is 3.56. The second kappa shape index (κ2) is 5.12. The number of nitrogens with one attached hydrogen (secondary N) is 1. The molecule has 1 N–H and O–H groups in total. The first-order valence-corrected chi connectivity index (χ1v) is 8.31. The highest BCUT2D eigenvalue weighted by Gasteiger charge is 2.15. The molecule has 2 heterocycles. The first-order valence-electron chi connectivity index (χ1n) is 6.18. The number of benzene rings is 1. The van der Waals surface area contributed by atoms with E-state index in [1.165, 1.54) is 11.1 Å². The number of halogens is 1. The largest absolute Gasteiger partial charge is 0.278 e. The first-order chi connectivity index (χ1) is 9.15. The van der Waals surface area contributed by atoms with Gasteiger partial charge in [-0.05, 0) is 35.9 Å². The first kappa shape index (κ1) is 12.9. The Hall–Kier alpha value is -1.10. The SMILES string of the molecule is C=S(C)N1CC=C(c2cc(Cl)cc3[nH]ncc23)CC1. The van der Waals surface area contributed by atoms with Crippen molar-refractivity contribution >= 4 is 44.6 Å². The third-order valence-corrected chi connectivity index (χ3v) is 4.91. The molecular weight excluding hydrogens is 278 g/mol. The molecule has 0 spiro atoms. The van der Waals surface area contributed by atoms with Crippen molar-refractivity contribution < 1.29 is 0 Å². The Morgan fingerprint density at radius 1 is 1.47 bits per heavy atom. The monoisotopic (exact) mass is 293 g/mol. The standard InChI is InChI=1S/C14H16ClN3S/c1-19(2)18-5-3-10(4-6-18)12-7-11(15)8-14-13(12)9-16-17-14/h3,7-9H,1,4-6H2,2H3,(H,16,17). The highest BCUT2D eigenvalue weighted by molar-refractivity contribution is 8.11.